The first-order valence-corrected chi connectivity index (χ1v) is 18.6. The fraction of sp³-hybridized carbons (Fsp3) is 0.393. The van der Waals surface area contributed by atoms with E-state index >= 15 is 0 Å². The van der Waals surface area contributed by atoms with E-state index < -0.39 is 30.6 Å². The number of nitrogens with two attached hydrogens (primary N) is 2. The van der Waals surface area contributed by atoms with Crippen LogP contribution in [0.15, 0.2) is 60.8 Å². The molecule has 0 saturated carbocycles. The van der Waals surface area contributed by atoms with E-state index in [9.17, 15) is 9.59 Å². The largest absolute Gasteiger partial charge is 0.478 e. The molecule has 0 radical (unpaired) electrons. The number of carbonyl (C=O) groups is 2. The molecule has 0 aliphatic carbocycles. The quantitative estimate of drug-likeness (QED) is 0.113. The lowest BCUT2D eigenvalue weighted by atomic mass is 10.0. The van der Waals surface area contributed by atoms with Crippen molar-refractivity contribution in [1.29, 1.82) is 0 Å². The van der Waals surface area contributed by atoms with E-state index in [1.54, 1.807) is 36.5 Å². The molecule has 0 bridgehead atoms. The predicted octanol–water partition coefficient (Wildman–Crippen LogP) is 2.30. The molecule has 0 amide bonds. The zero-order chi connectivity index (χ0) is 31.9. The number of hydrogen-bond acceptors (Lipinski definition) is 10. The second-order valence-corrected chi connectivity index (χ2v) is 15.8. The summed E-state index contributed by atoms with van der Waals surface area (Å²) in [6.45, 7) is 4.93. The van der Waals surface area contributed by atoms with Gasteiger partial charge >= 0.3 is 20.6 Å². The SMILES string of the molecule is CCCCc1ccccc1C(=O)O.CCCCc1ccccc1C(=O)O.N[Si](N)(CCCNc1ccnnn1)O[SiH2]O[SiH3]. The molecule has 2 aromatic carbocycles. The highest BCUT2D eigenvalue weighted by atomic mass is 28.4. The second kappa shape index (κ2) is 22.3. The van der Waals surface area contributed by atoms with E-state index in [0.717, 1.165) is 62.6 Å². The van der Waals surface area contributed by atoms with E-state index in [-0.39, 0.29) is 0 Å². The summed E-state index contributed by atoms with van der Waals surface area (Å²) in [5.74, 6) is -0.960. The van der Waals surface area contributed by atoms with Crippen LogP contribution >= 0.6 is 0 Å². The Hall–Kier alpha value is -3.32. The van der Waals surface area contributed by atoms with Crippen LogP contribution in [-0.2, 0) is 21.1 Å². The number of anilines is 1. The van der Waals surface area contributed by atoms with Gasteiger partial charge in [-0.25, -0.2) is 9.59 Å². The fourth-order valence-electron chi connectivity index (χ4n) is 3.79. The molecule has 3 aromatic rings. The fourth-order valence-corrected chi connectivity index (χ4v) is 7.50. The van der Waals surface area contributed by atoms with E-state index in [0.29, 0.717) is 33.5 Å². The average molecular weight is 647 g/mol. The molecule has 7 N–H and O–H groups in total. The lowest BCUT2D eigenvalue weighted by Gasteiger charge is -2.20. The number of unbranched alkanes of at least 4 members (excludes halogenated alkanes) is 2. The van der Waals surface area contributed by atoms with Crippen molar-refractivity contribution in [3.63, 3.8) is 0 Å². The highest BCUT2D eigenvalue weighted by molar-refractivity contribution is 6.71. The summed E-state index contributed by atoms with van der Waals surface area (Å²) in [5.41, 5.74) is 2.76. The summed E-state index contributed by atoms with van der Waals surface area (Å²) in [6.07, 6.45) is 8.41. The summed E-state index contributed by atoms with van der Waals surface area (Å²) in [4.78, 5) is 21.6. The average Bonchev–Trinajstić information content (AvgIpc) is 3.01. The van der Waals surface area contributed by atoms with Gasteiger partial charge in [0.2, 0.25) is 0 Å². The maximum Gasteiger partial charge on any atom is 0.337 e. The number of aromatic nitrogens is 3. The zero-order valence-corrected chi connectivity index (χ0v) is 29.8. The summed E-state index contributed by atoms with van der Waals surface area (Å²) >= 11 is 0. The van der Waals surface area contributed by atoms with Gasteiger partial charge in [-0.15, -0.1) is 10.2 Å². The third kappa shape index (κ3) is 16.8. The van der Waals surface area contributed by atoms with Crippen LogP contribution in [0, 0.1) is 0 Å². The number of nitrogens with zero attached hydrogens (tertiary/aromatic N) is 3. The normalized spacial score (nSPS) is 10.9. The number of aryl methyl sites for hydroxylation is 2. The van der Waals surface area contributed by atoms with Crippen molar-refractivity contribution in [1.82, 2.24) is 15.4 Å². The molecular formula is C28H46N6O6Si3. The first-order valence-electron chi connectivity index (χ1n) is 14.4. The van der Waals surface area contributed by atoms with Crippen LogP contribution in [0.3, 0.4) is 0 Å². The first-order chi connectivity index (χ1) is 20.6. The van der Waals surface area contributed by atoms with Crippen LogP contribution in [-0.4, -0.2) is 73.2 Å². The highest BCUT2D eigenvalue weighted by Gasteiger charge is 2.24. The van der Waals surface area contributed by atoms with Crippen molar-refractivity contribution in [2.45, 2.75) is 64.8 Å². The van der Waals surface area contributed by atoms with Crippen LogP contribution < -0.4 is 16.1 Å². The summed E-state index contributed by atoms with van der Waals surface area (Å²) in [6, 6.07) is 16.8. The number of carboxylic acid groups (broad SMARTS) is 2. The molecule has 0 fully saturated rings. The van der Waals surface area contributed by atoms with Crippen molar-refractivity contribution in [2.24, 2.45) is 10.8 Å². The van der Waals surface area contributed by atoms with Crippen LogP contribution in [0.4, 0.5) is 5.82 Å². The molecule has 0 unspecified atom stereocenters. The Morgan fingerprint density at radius 3 is 1.88 bits per heavy atom. The number of rotatable bonds is 16. The Balaban J connectivity index is 0.000000327. The Kier molecular flexibility index (Phi) is 19.5. The van der Waals surface area contributed by atoms with Crippen molar-refractivity contribution in [2.75, 3.05) is 11.9 Å². The van der Waals surface area contributed by atoms with Gasteiger partial charge in [-0.05, 0) is 66.6 Å². The van der Waals surface area contributed by atoms with Crippen molar-refractivity contribution >= 4 is 46.9 Å². The van der Waals surface area contributed by atoms with Crippen molar-refractivity contribution in [3.05, 3.63) is 83.0 Å². The molecule has 15 heteroatoms. The minimum Gasteiger partial charge on any atom is -0.478 e. The number of benzene rings is 2. The zero-order valence-electron chi connectivity index (χ0n) is 25.4. The van der Waals surface area contributed by atoms with Gasteiger partial charge in [0.15, 0.2) is 5.82 Å². The van der Waals surface area contributed by atoms with E-state index in [1.165, 1.54) is 0 Å². The van der Waals surface area contributed by atoms with Crippen LogP contribution in [0.2, 0.25) is 6.04 Å². The van der Waals surface area contributed by atoms with Crippen LogP contribution in [0.25, 0.3) is 0 Å². The Morgan fingerprint density at radius 1 is 0.907 bits per heavy atom. The predicted molar refractivity (Wildman–Crippen MR) is 177 cm³/mol. The molecule has 0 aliphatic rings. The minimum atomic E-state index is -2.49. The summed E-state index contributed by atoms with van der Waals surface area (Å²) < 4.78 is 10.5. The van der Waals surface area contributed by atoms with Crippen molar-refractivity contribution in [3.8, 4) is 0 Å². The Labute approximate surface area is 260 Å². The van der Waals surface area contributed by atoms with Gasteiger partial charge in [0, 0.05) is 12.6 Å². The molecule has 1 aromatic heterocycles. The smallest absolute Gasteiger partial charge is 0.337 e. The van der Waals surface area contributed by atoms with Crippen LogP contribution in [0.5, 0.6) is 0 Å². The maximum atomic E-state index is 10.8. The third-order valence-electron chi connectivity index (χ3n) is 6.09. The van der Waals surface area contributed by atoms with Crippen LogP contribution in [0.1, 0.15) is 77.8 Å². The molecule has 0 saturated heterocycles. The molecule has 236 valence electrons. The topological polar surface area (TPSA) is 196 Å². The van der Waals surface area contributed by atoms with E-state index in [2.05, 4.69) is 34.6 Å². The number of aromatic carboxylic acids is 2. The molecule has 0 atom stereocenters. The van der Waals surface area contributed by atoms with Crippen molar-refractivity contribution < 1.29 is 28.0 Å². The molecule has 0 aliphatic heterocycles. The Morgan fingerprint density at radius 2 is 1.44 bits per heavy atom. The second-order valence-electron chi connectivity index (χ2n) is 9.67. The minimum absolute atomic E-state index is 0.441. The number of nitrogens with one attached hydrogen (secondary N) is 1. The van der Waals surface area contributed by atoms with Gasteiger partial charge in [-0.3, -0.25) is 0 Å². The van der Waals surface area contributed by atoms with Gasteiger partial charge in [0.25, 0.3) is 10.0 Å². The maximum absolute atomic E-state index is 10.8. The lowest BCUT2D eigenvalue weighted by molar-refractivity contribution is 0.0684. The molecule has 43 heavy (non-hydrogen) atoms. The van der Waals surface area contributed by atoms with Gasteiger partial charge < -0.3 is 34.6 Å². The van der Waals surface area contributed by atoms with E-state index in [1.807, 2.05) is 24.3 Å². The third-order valence-corrected chi connectivity index (χ3v) is 10.8. The standard InChI is InChI=1S/2C11H14O2.C6H18N6O2Si3/c2*1-2-3-6-9-7-4-5-8-10(9)11(12)13;7-17(8,14-16-13-15)5-1-3-9-6-2-4-10-12-11-6/h2*4-5,7-8H,2-3,6H2,1H3,(H,12,13);2,4H,1,3,5,7-8,16H2,15H3,(H,9,10,11). The van der Waals surface area contributed by atoms with Gasteiger partial charge in [0.05, 0.1) is 17.3 Å². The summed E-state index contributed by atoms with van der Waals surface area (Å²) in [5, 5.41) is 43.5. The lowest BCUT2D eigenvalue weighted by Crippen LogP contribution is -2.59. The van der Waals surface area contributed by atoms with Gasteiger partial charge in [-0.2, -0.15) is 0 Å². The molecular weight excluding hydrogens is 601 g/mol. The molecule has 0 spiro atoms. The summed E-state index contributed by atoms with van der Waals surface area (Å²) in [7, 11) is -2.75. The number of carboxylic acids is 2. The monoisotopic (exact) mass is 646 g/mol. The Bertz CT molecular complexity index is 1150. The molecule has 12 nitrogen and oxygen atoms in total. The molecule has 1 heterocycles. The van der Waals surface area contributed by atoms with E-state index in [4.69, 9.17) is 29.2 Å². The highest BCUT2D eigenvalue weighted by Crippen LogP contribution is 2.13. The number of hydrogen-bond donors (Lipinski definition) is 5. The molecule has 3 rings (SSSR count). The first kappa shape index (κ1) is 37.7. The van der Waals surface area contributed by atoms with Gasteiger partial charge in [0.1, 0.15) is 10.5 Å². The van der Waals surface area contributed by atoms with Gasteiger partial charge in [-0.1, -0.05) is 63.1 Å².